The fourth-order valence-corrected chi connectivity index (χ4v) is 2.21. The molecule has 0 bridgehead atoms. The molecule has 0 saturated heterocycles. The Morgan fingerprint density at radius 2 is 1.60 bits per heavy atom. The van der Waals surface area contributed by atoms with Crippen LogP contribution in [-0.2, 0) is 4.74 Å². The molecule has 0 aliphatic heterocycles. The van der Waals surface area contributed by atoms with Crippen LogP contribution in [0, 0.1) is 0 Å². The minimum atomic E-state index is -4.47. The fourth-order valence-electron chi connectivity index (χ4n) is 1.78. The zero-order chi connectivity index (χ0) is 18.3. The highest BCUT2D eigenvalue weighted by atomic mass is 35.5. The molecule has 9 heteroatoms. The monoisotopic (exact) mass is 388 g/mol. The van der Waals surface area contributed by atoms with Crippen LogP contribution in [0.25, 0.3) is 0 Å². The third-order valence-electron chi connectivity index (χ3n) is 2.79. The highest BCUT2D eigenvalue weighted by molar-refractivity contribution is 7.95. The van der Waals surface area contributed by atoms with Crippen LogP contribution in [0.5, 0.6) is 5.75 Å². The summed E-state index contributed by atoms with van der Waals surface area (Å²) in [6.07, 6.45) is 1.16. The molecule has 0 saturated carbocycles. The number of benzene rings is 2. The van der Waals surface area contributed by atoms with E-state index in [9.17, 15) is 13.2 Å². The van der Waals surface area contributed by atoms with Gasteiger partial charge in [-0.15, -0.1) is 10.2 Å². The van der Waals surface area contributed by atoms with E-state index in [1.165, 1.54) is 19.2 Å². The lowest BCUT2D eigenvalue weighted by atomic mass is 10.0. The lowest BCUT2D eigenvalue weighted by Gasteiger charge is -2.09. The number of methoxy groups -OCH3 is 1. The van der Waals surface area contributed by atoms with Gasteiger partial charge in [-0.25, -0.2) is 0 Å². The molecule has 2 aromatic rings. The molecule has 0 heterocycles. The Labute approximate surface area is 151 Å². The van der Waals surface area contributed by atoms with Gasteiger partial charge in [0, 0.05) is 16.1 Å². The summed E-state index contributed by atoms with van der Waals surface area (Å²) in [5.74, 6) is 0.0712. The Bertz CT molecular complexity index is 747. The maximum atomic E-state index is 12.2. The Morgan fingerprint density at radius 3 is 2.12 bits per heavy atom. The second-order valence-corrected chi connectivity index (χ2v) is 5.78. The van der Waals surface area contributed by atoms with Crippen molar-refractivity contribution < 1.29 is 22.1 Å². The van der Waals surface area contributed by atoms with Crippen molar-refractivity contribution in [1.29, 1.82) is 0 Å². The lowest BCUT2D eigenvalue weighted by molar-refractivity contribution is -0.0369. The van der Waals surface area contributed by atoms with Crippen molar-refractivity contribution in [3.05, 3.63) is 64.7 Å². The molecule has 132 valence electrons. The number of ether oxygens (including phenoxy) is 1. The van der Waals surface area contributed by atoms with Gasteiger partial charge in [0.15, 0.2) is 18.4 Å². The first kappa shape index (κ1) is 19.1. The van der Waals surface area contributed by atoms with E-state index < -0.39 is 17.6 Å². The van der Waals surface area contributed by atoms with Gasteiger partial charge in [0.1, 0.15) is 11.5 Å². The second kappa shape index (κ2) is 8.77. The fraction of sp³-hybridized carbons (Fsp3) is 0.125. The number of alkyl halides is 3. The summed E-state index contributed by atoms with van der Waals surface area (Å²) < 4.78 is 45.8. The number of hydrogen-bond acceptors (Lipinski definition) is 5. The van der Waals surface area contributed by atoms with Crippen LogP contribution in [0.1, 0.15) is 11.1 Å². The normalized spacial score (nSPS) is 12.4. The van der Waals surface area contributed by atoms with Crippen molar-refractivity contribution in [2.45, 2.75) is 5.51 Å². The first-order valence-electron chi connectivity index (χ1n) is 6.80. The van der Waals surface area contributed by atoms with Crippen LogP contribution in [0.2, 0.25) is 5.02 Å². The minimum absolute atomic E-state index is 0.0712. The van der Waals surface area contributed by atoms with Gasteiger partial charge in [0.05, 0.1) is 7.11 Å². The van der Waals surface area contributed by atoms with Crippen molar-refractivity contribution in [1.82, 2.24) is 0 Å². The number of halogens is 4. The van der Waals surface area contributed by atoms with Gasteiger partial charge in [-0.1, -0.05) is 23.7 Å². The average molecular weight is 389 g/mol. The van der Waals surface area contributed by atoms with Gasteiger partial charge >= 0.3 is 5.51 Å². The van der Waals surface area contributed by atoms with Gasteiger partial charge in [0.2, 0.25) is 0 Å². The van der Waals surface area contributed by atoms with Crippen LogP contribution in [0.15, 0.2) is 58.7 Å². The van der Waals surface area contributed by atoms with E-state index in [2.05, 4.69) is 14.4 Å². The van der Waals surface area contributed by atoms with Crippen molar-refractivity contribution >= 4 is 35.8 Å². The summed E-state index contributed by atoms with van der Waals surface area (Å²) >= 11 is 5.31. The van der Waals surface area contributed by atoms with Crippen molar-refractivity contribution in [3.63, 3.8) is 0 Å². The SMILES string of the molecule is COC=NN=C(c1ccc(Cl)cc1)c1ccc(OSC(F)(F)F)cc1. The van der Waals surface area contributed by atoms with E-state index in [1.54, 1.807) is 36.4 Å². The van der Waals surface area contributed by atoms with Crippen molar-refractivity contribution in [2.75, 3.05) is 7.11 Å². The Morgan fingerprint density at radius 1 is 1.04 bits per heavy atom. The van der Waals surface area contributed by atoms with Crippen molar-refractivity contribution in [3.8, 4) is 5.75 Å². The summed E-state index contributed by atoms with van der Waals surface area (Å²) in [4.78, 5) is 0. The third-order valence-corrected chi connectivity index (χ3v) is 3.50. The van der Waals surface area contributed by atoms with Gasteiger partial charge in [0.25, 0.3) is 0 Å². The predicted octanol–water partition coefficient (Wildman–Crippen LogP) is 5.31. The van der Waals surface area contributed by atoms with E-state index >= 15 is 0 Å². The number of nitrogens with zero attached hydrogens (tertiary/aromatic N) is 2. The molecule has 0 spiro atoms. The molecule has 25 heavy (non-hydrogen) atoms. The average Bonchev–Trinajstić information content (AvgIpc) is 2.58. The van der Waals surface area contributed by atoms with Crippen LogP contribution in [0.3, 0.4) is 0 Å². The quantitative estimate of drug-likeness (QED) is 0.291. The first-order valence-corrected chi connectivity index (χ1v) is 7.92. The molecule has 0 radical (unpaired) electrons. The molecule has 0 unspecified atom stereocenters. The molecule has 0 aromatic heterocycles. The van der Waals surface area contributed by atoms with Crippen LogP contribution >= 0.6 is 23.6 Å². The summed E-state index contributed by atoms with van der Waals surface area (Å²) in [7, 11) is 1.44. The molecule has 4 nitrogen and oxygen atoms in total. The predicted molar refractivity (Wildman–Crippen MR) is 93.3 cm³/mol. The van der Waals surface area contributed by atoms with Crippen molar-refractivity contribution in [2.24, 2.45) is 10.2 Å². The van der Waals surface area contributed by atoms with E-state index in [1.807, 2.05) is 0 Å². The zero-order valence-electron chi connectivity index (χ0n) is 12.8. The summed E-state index contributed by atoms with van der Waals surface area (Å²) in [5, 5.41) is 8.44. The minimum Gasteiger partial charge on any atom is -0.485 e. The molecular formula is C16H12ClF3N2O2S. The standard InChI is InChI=1S/C16H12ClF3N2O2S/c1-23-10-21-22-15(11-2-6-13(17)7-3-11)12-4-8-14(9-5-12)24-25-16(18,19)20/h2-10H,1H3. The topological polar surface area (TPSA) is 43.2 Å². The molecule has 2 aromatic carbocycles. The largest absolute Gasteiger partial charge is 0.485 e. The van der Waals surface area contributed by atoms with E-state index in [4.69, 9.17) is 16.3 Å². The Hall–Kier alpha value is -2.19. The van der Waals surface area contributed by atoms with Gasteiger partial charge in [-0.3, -0.25) is 0 Å². The third kappa shape index (κ3) is 6.32. The number of hydrogen-bond donors (Lipinski definition) is 0. The molecule has 0 aliphatic carbocycles. The molecule has 0 aliphatic rings. The molecule has 0 atom stereocenters. The van der Waals surface area contributed by atoms with Gasteiger partial charge in [-0.05, 0) is 36.4 Å². The smallest absolute Gasteiger partial charge is 0.479 e. The molecule has 0 fully saturated rings. The Kier molecular flexibility index (Phi) is 6.72. The van der Waals surface area contributed by atoms with Gasteiger partial charge in [-0.2, -0.15) is 13.2 Å². The molecule has 0 amide bonds. The Balaban J connectivity index is 2.27. The summed E-state index contributed by atoms with van der Waals surface area (Å²) in [6, 6.07) is 12.9. The lowest BCUT2D eigenvalue weighted by Crippen LogP contribution is -2.04. The maximum Gasteiger partial charge on any atom is 0.479 e. The summed E-state index contributed by atoms with van der Waals surface area (Å²) in [5.41, 5.74) is -2.60. The zero-order valence-corrected chi connectivity index (χ0v) is 14.4. The van der Waals surface area contributed by atoms with Gasteiger partial charge < -0.3 is 8.92 Å². The first-order chi connectivity index (χ1) is 11.9. The number of rotatable bonds is 6. The summed E-state index contributed by atoms with van der Waals surface area (Å²) in [6.45, 7) is 0. The maximum absolute atomic E-state index is 12.2. The van der Waals surface area contributed by atoms with Crippen LogP contribution in [-0.4, -0.2) is 24.7 Å². The molecule has 0 N–H and O–H groups in total. The van der Waals surface area contributed by atoms with E-state index in [0.717, 1.165) is 12.0 Å². The highest BCUT2D eigenvalue weighted by Gasteiger charge is 2.31. The van der Waals surface area contributed by atoms with E-state index in [-0.39, 0.29) is 5.75 Å². The second-order valence-electron chi connectivity index (χ2n) is 4.55. The van der Waals surface area contributed by atoms with Crippen LogP contribution < -0.4 is 4.18 Å². The van der Waals surface area contributed by atoms with E-state index in [0.29, 0.717) is 16.3 Å². The molecular weight excluding hydrogens is 377 g/mol. The highest BCUT2D eigenvalue weighted by Crippen LogP contribution is 2.32. The van der Waals surface area contributed by atoms with Crippen LogP contribution in [0.4, 0.5) is 13.2 Å². The molecule has 2 rings (SSSR count).